The van der Waals surface area contributed by atoms with E-state index in [-0.39, 0.29) is 24.3 Å². The van der Waals surface area contributed by atoms with Crippen molar-refractivity contribution < 1.29 is 9.90 Å². The number of carbonyl (C=O) groups excluding carboxylic acids is 1. The van der Waals surface area contributed by atoms with Gasteiger partial charge in [-0.15, -0.1) is 0 Å². The second-order valence-corrected chi connectivity index (χ2v) is 7.86. The highest BCUT2D eigenvalue weighted by molar-refractivity contribution is 6.31. The molecule has 1 fully saturated rings. The molecular formula is C20H22ClN5O2. The molecule has 1 aliphatic heterocycles. The van der Waals surface area contributed by atoms with Crippen LogP contribution in [0.15, 0.2) is 43.0 Å². The lowest BCUT2D eigenvalue weighted by Gasteiger charge is -2.41. The molecule has 0 radical (unpaired) electrons. The molecular weight excluding hydrogens is 378 g/mol. The van der Waals surface area contributed by atoms with E-state index in [0.29, 0.717) is 18.9 Å². The Hall–Kier alpha value is -2.51. The Bertz CT molecular complexity index is 981. The molecule has 8 heteroatoms. The van der Waals surface area contributed by atoms with Gasteiger partial charge in [-0.2, -0.15) is 10.1 Å². The first kappa shape index (κ1) is 18.8. The van der Waals surface area contributed by atoms with Gasteiger partial charge in [-0.25, -0.2) is 9.50 Å². The van der Waals surface area contributed by atoms with E-state index in [1.165, 1.54) is 6.33 Å². The van der Waals surface area contributed by atoms with Gasteiger partial charge in [-0.05, 0) is 36.5 Å². The molecule has 1 amide bonds. The van der Waals surface area contributed by atoms with Crippen molar-refractivity contribution in [1.29, 1.82) is 0 Å². The first-order chi connectivity index (χ1) is 13.6. The van der Waals surface area contributed by atoms with E-state index in [4.69, 9.17) is 11.6 Å². The lowest BCUT2D eigenvalue weighted by molar-refractivity contribution is -0.133. The van der Waals surface area contributed by atoms with E-state index in [1.807, 2.05) is 29.2 Å². The maximum atomic E-state index is 12.7. The number of piperidine rings is 1. The average molecular weight is 400 g/mol. The van der Waals surface area contributed by atoms with Crippen LogP contribution in [0, 0.1) is 5.41 Å². The van der Waals surface area contributed by atoms with Gasteiger partial charge in [0.15, 0.2) is 0 Å². The summed E-state index contributed by atoms with van der Waals surface area (Å²) in [6.07, 6.45) is 7.39. The van der Waals surface area contributed by atoms with Crippen molar-refractivity contribution >= 4 is 23.3 Å². The number of aromatic nitrogens is 4. The second-order valence-electron chi connectivity index (χ2n) is 7.45. The number of fused-ring (bicyclic) bond motifs is 1. The topological polar surface area (TPSA) is 83.6 Å². The molecule has 1 N–H and O–H groups in total. The summed E-state index contributed by atoms with van der Waals surface area (Å²) in [6, 6.07) is 7.75. The van der Waals surface area contributed by atoms with Crippen molar-refractivity contribution in [1.82, 2.24) is 24.5 Å². The van der Waals surface area contributed by atoms with Crippen LogP contribution in [0.2, 0.25) is 5.02 Å². The predicted octanol–water partition coefficient (Wildman–Crippen LogP) is 2.16. The first-order valence-electron chi connectivity index (χ1n) is 9.35. The van der Waals surface area contributed by atoms with Crippen LogP contribution in [0.4, 0.5) is 0 Å². The highest BCUT2D eigenvalue weighted by atomic mass is 35.5. The number of hydrogen-bond acceptors (Lipinski definition) is 5. The van der Waals surface area contributed by atoms with Crippen molar-refractivity contribution in [2.75, 3.05) is 19.7 Å². The normalized spacial score (nSPS) is 16.4. The third-order valence-electron chi connectivity index (χ3n) is 5.58. The van der Waals surface area contributed by atoms with Crippen molar-refractivity contribution in [2.24, 2.45) is 5.41 Å². The van der Waals surface area contributed by atoms with Gasteiger partial charge in [0.25, 0.3) is 5.78 Å². The van der Waals surface area contributed by atoms with E-state index in [0.717, 1.165) is 35.4 Å². The van der Waals surface area contributed by atoms with Crippen molar-refractivity contribution in [3.05, 3.63) is 59.1 Å². The summed E-state index contributed by atoms with van der Waals surface area (Å²) in [5, 5.41) is 14.8. The molecule has 0 unspecified atom stereocenters. The molecule has 1 aliphatic rings. The van der Waals surface area contributed by atoms with Gasteiger partial charge in [0.1, 0.15) is 6.33 Å². The summed E-state index contributed by atoms with van der Waals surface area (Å²) < 4.78 is 1.57. The fourth-order valence-electron chi connectivity index (χ4n) is 3.80. The molecule has 28 heavy (non-hydrogen) atoms. The van der Waals surface area contributed by atoms with Crippen LogP contribution in [-0.4, -0.2) is 55.2 Å². The van der Waals surface area contributed by atoms with E-state index in [9.17, 15) is 9.90 Å². The maximum absolute atomic E-state index is 12.7. The number of rotatable bonds is 5. The van der Waals surface area contributed by atoms with E-state index >= 15 is 0 Å². The Morgan fingerprint density at radius 2 is 2.00 bits per heavy atom. The molecule has 3 heterocycles. The van der Waals surface area contributed by atoms with Crippen LogP contribution in [0.1, 0.15) is 24.0 Å². The molecule has 146 valence electrons. The van der Waals surface area contributed by atoms with Gasteiger partial charge in [-0.1, -0.05) is 29.8 Å². The van der Waals surface area contributed by atoms with Crippen molar-refractivity contribution in [3.63, 3.8) is 0 Å². The number of aliphatic hydroxyl groups excluding tert-OH is 1. The van der Waals surface area contributed by atoms with Gasteiger partial charge in [0, 0.05) is 42.5 Å². The van der Waals surface area contributed by atoms with Crippen molar-refractivity contribution in [3.8, 4) is 0 Å². The minimum atomic E-state index is -0.233. The fraction of sp³-hybridized carbons (Fsp3) is 0.400. The number of nitrogens with zero attached hydrogens (tertiary/aromatic N) is 5. The van der Waals surface area contributed by atoms with Gasteiger partial charge in [-0.3, -0.25) is 4.79 Å². The molecule has 1 aromatic carbocycles. The molecule has 0 atom stereocenters. The van der Waals surface area contributed by atoms with Crippen LogP contribution < -0.4 is 0 Å². The van der Waals surface area contributed by atoms with E-state index < -0.39 is 0 Å². The number of aliphatic hydroxyl groups is 1. The predicted molar refractivity (Wildman–Crippen MR) is 105 cm³/mol. The fourth-order valence-corrected chi connectivity index (χ4v) is 4.01. The van der Waals surface area contributed by atoms with Gasteiger partial charge in [0.05, 0.1) is 6.42 Å². The zero-order chi connectivity index (χ0) is 19.6. The Balaban J connectivity index is 1.39. The molecule has 3 aromatic rings. The third kappa shape index (κ3) is 3.86. The summed E-state index contributed by atoms with van der Waals surface area (Å²) in [7, 11) is 0. The molecule has 0 aliphatic carbocycles. The van der Waals surface area contributed by atoms with Crippen LogP contribution in [0.5, 0.6) is 0 Å². The Morgan fingerprint density at radius 1 is 1.21 bits per heavy atom. The molecule has 7 nitrogen and oxygen atoms in total. The standard InChI is InChI=1S/C20H22ClN5O2/c21-17-4-2-1-3-16(17)10-20(13-27)5-7-25(8-6-20)18(28)9-15-11-22-19-23-14-24-26(19)12-15/h1-4,11-12,14,27H,5-10,13H2. The third-order valence-corrected chi connectivity index (χ3v) is 5.95. The monoisotopic (exact) mass is 399 g/mol. The molecule has 1 saturated heterocycles. The van der Waals surface area contributed by atoms with Gasteiger partial charge >= 0.3 is 0 Å². The SMILES string of the molecule is O=C(Cc1cnc2ncnn2c1)N1CCC(CO)(Cc2ccccc2Cl)CC1. The second kappa shape index (κ2) is 7.85. The van der Waals surface area contributed by atoms with E-state index in [2.05, 4.69) is 15.1 Å². The van der Waals surface area contributed by atoms with Crippen LogP contribution in [0.3, 0.4) is 0 Å². The number of likely N-dealkylation sites (tertiary alicyclic amines) is 1. The number of hydrogen-bond donors (Lipinski definition) is 1. The Morgan fingerprint density at radius 3 is 2.75 bits per heavy atom. The Labute approximate surface area is 168 Å². The molecule has 0 spiro atoms. The van der Waals surface area contributed by atoms with Crippen LogP contribution in [-0.2, 0) is 17.6 Å². The van der Waals surface area contributed by atoms with Crippen molar-refractivity contribution in [2.45, 2.75) is 25.7 Å². The average Bonchev–Trinajstić information content (AvgIpc) is 3.18. The highest BCUT2D eigenvalue weighted by Crippen LogP contribution is 2.36. The molecule has 0 saturated carbocycles. The number of benzene rings is 1. The van der Waals surface area contributed by atoms with Crippen LogP contribution >= 0.6 is 11.6 Å². The van der Waals surface area contributed by atoms with Crippen LogP contribution in [0.25, 0.3) is 5.78 Å². The van der Waals surface area contributed by atoms with Gasteiger partial charge in [0.2, 0.25) is 5.91 Å². The number of amides is 1. The van der Waals surface area contributed by atoms with Gasteiger partial charge < -0.3 is 10.0 Å². The summed E-state index contributed by atoms with van der Waals surface area (Å²) in [5.74, 6) is 0.576. The zero-order valence-corrected chi connectivity index (χ0v) is 16.2. The largest absolute Gasteiger partial charge is 0.396 e. The summed E-state index contributed by atoms with van der Waals surface area (Å²) in [4.78, 5) is 22.8. The Kier molecular flexibility index (Phi) is 5.28. The highest BCUT2D eigenvalue weighted by Gasteiger charge is 2.36. The molecule has 2 aromatic heterocycles. The molecule has 4 rings (SSSR count). The minimum absolute atomic E-state index is 0.0607. The zero-order valence-electron chi connectivity index (χ0n) is 15.5. The lowest BCUT2D eigenvalue weighted by Crippen LogP contribution is -2.46. The summed E-state index contributed by atoms with van der Waals surface area (Å²) in [6.45, 7) is 1.35. The quantitative estimate of drug-likeness (QED) is 0.710. The maximum Gasteiger partial charge on any atom is 0.252 e. The lowest BCUT2D eigenvalue weighted by atomic mass is 9.74. The summed E-state index contributed by atoms with van der Waals surface area (Å²) in [5.41, 5.74) is 1.62. The minimum Gasteiger partial charge on any atom is -0.396 e. The first-order valence-corrected chi connectivity index (χ1v) is 9.73. The smallest absolute Gasteiger partial charge is 0.252 e. The number of carbonyl (C=O) groups is 1. The van der Waals surface area contributed by atoms with E-state index in [1.54, 1.807) is 16.9 Å². The summed E-state index contributed by atoms with van der Waals surface area (Å²) >= 11 is 6.30. The number of halogens is 1. The molecule has 0 bridgehead atoms.